The van der Waals surface area contributed by atoms with Crippen LogP contribution in [0, 0.1) is 0 Å². The zero-order valence-electron chi connectivity index (χ0n) is 14.9. The molecule has 0 spiro atoms. The van der Waals surface area contributed by atoms with Crippen molar-refractivity contribution in [2.45, 2.75) is 6.54 Å². The lowest BCUT2D eigenvalue weighted by Gasteiger charge is -2.34. The zero-order valence-corrected chi connectivity index (χ0v) is 15.7. The second-order valence-electron chi connectivity index (χ2n) is 6.89. The van der Waals surface area contributed by atoms with Gasteiger partial charge in [-0.3, -0.25) is 9.69 Å². The number of hydrogen-bond donors (Lipinski definition) is 1. The summed E-state index contributed by atoms with van der Waals surface area (Å²) in [6.07, 6.45) is 0. The summed E-state index contributed by atoms with van der Waals surface area (Å²) in [6.45, 7) is 4.91. The highest BCUT2D eigenvalue weighted by Crippen LogP contribution is 2.30. The van der Waals surface area contributed by atoms with Crippen LogP contribution in [0.5, 0.6) is 5.75 Å². The fraction of sp³-hybridized carbons (Fsp3) is 0.300. The van der Waals surface area contributed by atoms with Gasteiger partial charge in [0.15, 0.2) is 11.7 Å². The lowest BCUT2D eigenvalue weighted by atomic mass is 10.1. The fourth-order valence-electron chi connectivity index (χ4n) is 3.58. The zero-order chi connectivity index (χ0) is 18.2. The molecule has 6 nitrogen and oxygen atoms in total. The number of benzene rings is 2. The highest BCUT2D eigenvalue weighted by molar-refractivity contribution is 7.22. The molecule has 1 N–H and O–H groups in total. The largest absolute Gasteiger partial charge is 0.482 e. The van der Waals surface area contributed by atoms with Gasteiger partial charge in [0.1, 0.15) is 5.75 Å². The number of ether oxygens (including phenoxy) is 1. The lowest BCUT2D eigenvalue weighted by molar-refractivity contribution is -0.118. The van der Waals surface area contributed by atoms with Crippen LogP contribution in [0.4, 0.5) is 10.8 Å². The number of nitrogens with zero attached hydrogens (tertiary/aromatic N) is 3. The van der Waals surface area contributed by atoms with Crippen molar-refractivity contribution in [2.75, 3.05) is 43.0 Å². The molecule has 0 aliphatic carbocycles. The van der Waals surface area contributed by atoms with Crippen molar-refractivity contribution >= 4 is 38.3 Å². The van der Waals surface area contributed by atoms with E-state index in [2.05, 4.69) is 39.4 Å². The van der Waals surface area contributed by atoms with Gasteiger partial charge in [0.05, 0.1) is 15.9 Å². The molecule has 1 amide bonds. The number of thiazole rings is 1. The van der Waals surface area contributed by atoms with Gasteiger partial charge in [-0.15, -0.1) is 0 Å². The van der Waals surface area contributed by atoms with Gasteiger partial charge in [-0.25, -0.2) is 4.98 Å². The summed E-state index contributed by atoms with van der Waals surface area (Å²) < 4.78 is 6.67. The van der Waals surface area contributed by atoms with Gasteiger partial charge in [0.25, 0.3) is 5.91 Å². The van der Waals surface area contributed by atoms with E-state index in [1.165, 1.54) is 10.3 Å². The fourth-order valence-corrected chi connectivity index (χ4v) is 4.60. The summed E-state index contributed by atoms with van der Waals surface area (Å²) in [6, 6.07) is 14.4. The highest BCUT2D eigenvalue weighted by Gasteiger charge is 2.21. The van der Waals surface area contributed by atoms with Crippen LogP contribution in [0.1, 0.15) is 5.56 Å². The van der Waals surface area contributed by atoms with Crippen LogP contribution in [-0.4, -0.2) is 48.6 Å². The first-order chi connectivity index (χ1) is 13.2. The van der Waals surface area contributed by atoms with Crippen molar-refractivity contribution in [3.05, 3.63) is 48.0 Å². The Morgan fingerprint density at radius 3 is 2.81 bits per heavy atom. The molecule has 7 heteroatoms. The highest BCUT2D eigenvalue weighted by atomic mass is 32.1. The number of anilines is 2. The molecule has 2 aliphatic heterocycles. The van der Waals surface area contributed by atoms with Gasteiger partial charge in [0.2, 0.25) is 0 Å². The Bertz CT molecular complexity index is 962. The molecule has 3 aromatic rings. The van der Waals surface area contributed by atoms with Gasteiger partial charge in [0, 0.05) is 32.7 Å². The van der Waals surface area contributed by atoms with Crippen LogP contribution in [-0.2, 0) is 11.3 Å². The minimum atomic E-state index is -0.0934. The Kier molecular flexibility index (Phi) is 4.18. The molecule has 0 radical (unpaired) electrons. The van der Waals surface area contributed by atoms with Crippen LogP contribution in [0.25, 0.3) is 10.2 Å². The average molecular weight is 380 g/mol. The minimum Gasteiger partial charge on any atom is -0.482 e. The van der Waals surface area contributed by atoms with E-state index in [1.807, 2.05) is 18.2 Å². The van der Waals surface area contributed by atoms with Gasteiger partial charge < -0.3 is 15.0 Å². The molecule has 2 aromatic carbocycles. The smallest absolute Gasteiger partial charge is 0.262 e. The third-order valence-electron chi connectivity index (χ3n) is 5.01. The number of nitrogens with one attached hydrogen (secondary N) is 1. The van der Waals surface area contributed by atoms with E-state index in [1.54, 1.807) is 11.3 Å². The van der Waals surface area contributed by atoms with Gasteiger partial charge in [-0.1, -0.05) is 29.5 Å². The maximum atomic E-state index is 11.5. The van der Waals surface area contributed by atoms with Crippen LogP contribution in [0.3, 0.4) is 0 Å². The summed E-state index contributed by atoms with van der Waals surface area (Å²) in [7, 11) is 0. The monoisotopic (exact) mass is 380 g/mol. The van der Waals surface area contributed by atoms with Crippen LogP contribution >= 0.6 is 11.3 Å². The van der Waals surface area contributed by atoms with Crippen molar-refractivity contribution in [3.63, 3.8) is 0 Å². The second-order valence-corrected chi connectivity index (χ2v) is 7.90. The van der Waals surface area contributed by atoms with Crippen molar-refractivity contribution in [3.8, 4) is 5.75 Å². The Morgan fingerprint density at radius 1 is 1.11 bits per heavy atom. The predicted octanol–water partition coefficient (Wildman–Crippen LogP) is 2.95. The summed E-state index contributed by atoms with van der Waals surface area (Å²) in [4.78, 5) is 21.1. The molecule has 138 valence electrons. The molecule has 1 aromatic heterocycles. The predicted molar refractivity (Wildman–Crippen MR) is 108 cm³/mol. The van der Waals surface area contributed by atoms with E-state index in [9.17, 15) is 4.79 Å². The number of piperazine rings is 1. The Balaban J connectivity index is 1.23. The second kappa shape index (κ2) is 6.83. The van der Waals surface area contributed by atoms with E-state index >= 15 is 0 Å². The quantitative estimate of drug-likeness (QED) is 0.757. The van der Waals surface area contributed by atoms with Crippen molar-refractivity contribution in [2.24, 2.45) is 0 Å². The molecule has 1 saturated heterocycles. The summed E-state index contributed by atoms with van der Waals surface area (Å²) in [5.41, 5.74) is 3.04. The molecule has 0 saturated carbocycles. The molecule has 0 bridgehead atoms. The topological polar surface area (TPSA) is 57.7 Å². The molecule has 2 aliphatic rings. The SMILES string of the molecule is O=C1COc2ccc(CN3CCN(c4nc5ccccc5s4)CC3)cc2N1. The van der Waals surface area contributed by atoms with Gasteiger partial charge in [-0.2, -0.15) is 0 Å². The lowest BCUT2D eigenvalue weighted by Crippen LogP contribution is -2.45. The van der Waals surface area contributed by atoms with Gasteiger partial charge >= 0.3 is 0 Å². The Hall–Kier alpha value is -2.64. The standard InChI is InChI=1S/C20H20N4O2S/c25-19-13-26-17-6-5-14(11-16(17)21-19)12-23-7-9-24(10-8-23)20-22-15-3-1-2-4-18(15)27-20/h1-6,11H,7-10,12-13H2,(H,21,25). The first-order valence-corrected chi connectivity index (χ1v) is 9.95. The first kappa shape index (κ1) is 16.5. The molecular weight excluding hydrogens is 360 g/mol. The van der Waals surface area contributed by atoms with Crippen LogP contribution < -0.4 is 15.0 Å². The Morgan fingerprint density at radius 2 is 1.96 bits per heavy atom. The normalized spacial score (nSPS) is 17.5. The third-order valence-corrected chi connectivity index (χ3v) is 6.11. The number of carbonyl (C=O) groups is 1. The summed E-state index contributed by atoms with van der Waals surface area (Å²) in [5, 5.41) is 4.00. The van der Waals surface area contributed by atoms with E-state index in [0.29, 0.717) is 0 Å². The van der Waals surface area contributed by atoms with E-state index < -0.39 is 0 Å². The van der Waals surface area contributed by atoms with Crippen LogP contribution in [0.2, 0.25) is 0 Å². The minimum absolute atomic E-state index is 0.0934. The van der Waals surface area contributed by atoms with Crippen LogP contribution in [0.15, 0.2) is 42.5 Å². The third kappa shape index (κ3) is 3.36. The number of fused-ring (bicyclic) bond motifs is 2. The maximum absolute atomic E-state index is 11.5. The average Bonchev–Trinajstić information content (AvgIpc) is 3.12. The van der Waals surface area contributed by atoms with E-state index in [0.717, 1.165) is 54.8 Å². The number of hydrogen-bond acceptors (Lipinski definition) is 6. The molecule has 1 fully saturated rings. The van der Waals surface area contributed by atoms with Crippen molar-refractivity contribution in [1.82, 2.24) is 9.88 Å². The molecule has 0 unspecified atom stereocenters. The van der Waals surface area contributed by atoms with E-state index in [-0.39, 0.29) is 12.5 Å². The van der Waals surface area contributed by atoms with E-state index in [4.69, 9.17) is 9.72 Å². The number of amides is 1. The number of carbonyl (C=O) groups excluding carboxylic acids is 1. The molecule has 27 heavy (non-hydrogen) atoms. The number of rotatable bonds is 3. The molecule has 0 atom stereocenters. The molecule has 3 heterocycles. The summed E-state index contributed by atoms with van der Waals surface area (Å²) in [5.74, 6) is 0.656. The molecular formula is C20H20N4O2S. The first-order valence-electron chi connectivity index (χ1n) is 9.13. The maximum Gasteiger partial charge on any atom is 0.262 e. The van der Waals surface area contributed by atoms with Gasteiger partial charge in [-0.05, 0) is 29.8 Å². The molecule has 5 rings (SSSR count). The van der Waals surface area contributed by atoms with Crippen molar-refractivity contribution in [1.29, 1.82) is 0 Å². The number of aromatic nitrogens is 1. The Labute approximate surface area is 161 Å². The number of para-hydroxylation sites is 1. The van der Waals surface area contributed by atoms with Crippen molar-refractivity contribution < 1.29 is 9.53 Å². The summed E-state index contributed by atoms with van der Waals surface area (Å²) >= 11 is 1.77.